The molecule has 0 radical (unpaired) electrons. The highest BCUT2D eigenvalue weighted by atomic mass is 32.2. The highest BCUT2D eigenvalue weighted by Crippen LogP contribution is 2.47. The number of carbonyl (C=O) groups is 2. The van der Waals surface area contributed by atoms with Crippen molar-refractivity contribution in [1.82, 2.24) is 9.80 Å². The van der Waals surface area contributed by atoms with Gasteiger partial charge in [-0.2, -0.15) is 10.5 Å². The van der Waals surface area contributed by atoms with Gasteiger partial charge >= 0.3 is 11.9 Å². The van der Waals surface area contributed by atoms with Crippen molar-refractivity contribution in [3.05, 3.63) is 70.8 Å². The van der Waals surface area contributed by atoms with Gasteiger partial charge in [0.1, 0.15) is 8.64 Å². The summed E-state index contributed by atoms with van der Waals surface area (Å²) in [6, 6.07) is 17.6. The number of rotatable bonds is 15. The standard InChI is InChI=1S/C34H42N4O4S4/c1-7-37(8-2)31(43)45-21-25-13-17-27(18-14-25)33(23-35,29(39)41-11-5)34(24-36,30(40)42-12-6)28-19-15-26(16-20-28)22-46-32(44)38(9-3)10-4/h13-20H,7-12,21-22H2,1-6H3. The summed E-state index contributed by atoms with van der Waals surface area (Å²) in [5.74, 6) is -0.901. The molecule has 0 amide bonds. The number of carbonyl (C=O) groups excluding carboxylic acids is 2. The van der Waals surface area contributed by atoms with Crippen molar-refractivity contribution in [2.45, 2.75) is 63.9 Å². The van der Waals surface area contributed by atoms with E-state index < -0.39 is 22.8 Å². The third-order valence-corrected chi connectivity index (χ3v) is 10.8. The minimum absolute atomic E-state index is 0.0628. The lowest BCUT2D eigenvalue weighted by Crippen LogP contribution is -2.58. The number of ether oxygens (including phenoxy) is 2. The summed E-state index contributed by atoms with van der Waals surface area (Å²) in [6.07, 6.45) is 0. The van der Waals surface area contributed by atoms with E-state index in [0.717, 1.165) is 45.9 Å². The number of thioether (sulfide) groups is 2. The molecular formula is C34H42N4O4S4. The highest BCUT2D eigenvalue weighted by Gasteiger charge is 2.67. The summed E-state index contributed by atoms with van der Waals surface area (Å²) in [6.45, 7) is 14.5. The van der Waals surface area contributed by atoms with Gasteiger partial charge in [-0.1, -0.05) is 96.5 Å². The van der Waals surface area contributed by atoms with Gasteiger partial charge in [0.15, 0.2) is 0 Å². The van der Waals surface area contributed by atoms with Crippen LogP contribution < -0.4 is 0 Å². The van der Waals surface area contributed by atoms with E-state index in [1.807, 2.05) is 27.7 Å². The molecule has 12 heteroatoms. The lowest BCUT2D eigenvalue weighted by atomic mass is 9.57. The molecule has 0 fully saturated rings. The second-order valence-electron chi connectivity index (χ2n) is 10.0. The molecule has 0 saturated carbocycles. The van der Waals surface area contributed by atoms with Crippen LogP contribution in [0.5, 0.6) is 0 Å². The SMILES string of the molecule is CCOC(=O)C(C#N)(c1ccc(CSC(=S)N(CC)CC)cc1)C(C#N)(C(=O)OCC)c1ccc(CSC(=S)N(CC)CC)cc1. The Kier molecular flexibility index (Phi) is 16.0. The normalized spacial score (nSPS) is 13.2. The molecule has 0 bridgehead atoms. The summed E-state index contributed by atoms with van der Waals surface area (Å²) in [5, 5.41) is 21.7. The molecule has 0 aliphatic carbocycles. The predicted molar refractivity (Wildman–Crippen MR) is 194 cm³/mol. The Morgan fingerprint density at radius 2 is 0.957 bits per heavy atom. The zero-order valence-corrected chi connectivity index (χ0v) is 30.6. The first-order valence-corrected chi connectivity index (χ1v) is 18.1. The summed E-state index contributed by atoms with van der Waals surface area (Å²) in [7, 11) is 0. The van der Waals surface area contributed by atoms with Crippen molar-refractivity contribution in [3.63, 3.8) is 0 Å². The van der Waals surface area contributed by atoms with Crippen molar-refractivity contribution in [1.29, 1.82) is 10.5 Å². The molecule has 2 aromatic rings. The van der Waals surface area contributed by atoms with Crippen LogP contribution in [0.4, 0.5) is 0 Å². The number of esters is 2. The van der Waals surface area contributed by atoms with Crippen LogP contribution in [0.15, 0.2) is 48.5 Å². The van der Waals surface area contributed by atoms with Gasteiger partial charge in [-0.25, -0.2) is 9.59 Å². The van der Waals surface area contributed by atoms with Crippen molar-refractivity contribution in [2.24, 2.45) is 0 Å². The predicted octanol–water partition coefficient (Wildman–Crippen LogP) is 6.76. The van der Waals surface area contributed by atoms with Gasteiger partial charge in [-0.05, 0) is 63.8 Å². The second-order valence-corrected chi connectivity index (χ2v) is 13.2. The summed E-state index contributed by atoms with van der Waals surface area (Å²) in [5.41, 5.74) is -2.69. The van der Waals surface area contributed by atoms with Crippen LogP contribution in [-0.2, 0) is 41.4 Å². The van der Waals surface area contributed by atoms with E-state index in [9.17, 15) is 20.1 Å². The molecular weight excluding hydrogens is 657 g/mol. The van der Waals surface area contributed by atoms with Crippen molar-refractivity contribution in [3.8, 4) is 12.1 Å². The summed E-state index contributed by atoms with van der Waals surface area (Å²) >= 11 is 14.1. The van der Waals surface area contributed by atoms with Crippen LogP contribution in [0.3, 0.4) is 0 Å². The van der Waals surface area contributed by atoms with Gasteiger partial charge in [-0.3, -0.25) is 0 Å². The monoisotopic (exact) mass is 698 g/mol. The van der Waals surface area contributed by atoms with Gasteiger partial charge in [0.05, 0.1) is 25.4 Å². The quantitative estimate of drug-likeness (QED) is 0.145. The fourth-order valence-electron chi connectivity index (χ4n) is 4.98. The summed E-state index contributed by atoms with van der Waals surface area (Å²) < 4.78 is 12.4. The van der Waals surface area contributed by atoms with Crippen LogP contribution >= 0.6 is 48.0 Å². The van der Waals surface area contributed by atoms with E-state index in [1.54, 1.807) is 62.4 Å². The van der Waals surface area contributed by atoms with E-state index in [0.29, 0.717) is 11.5 Å². The minimum Gasteiger partial charge on any atom is -0.464 e. The molecule has 0 saturated heterocycles. The number of benzene rings is 2. The van der Waals surface area contributed by atoms with Crippen LogP contribution in [0.1, 0.15) is 63.8 Å². The maximum atomic E-state index is 13.9. The topological polar surface area (TPSA) is 107 Å². The minimum atomic E-state index is -2.38. The Morgan fingerprint density at radius 1 is 0.652 bits per heavy atom. The third kappa shape index (κ3) is 8.40. The lowest BCUT2D eigenvalue weighted by Gasteiger charge is -2.38. The van der Waals surface area contributed by atoms with Gasteiger partial charge in [0.25, 0.3) is 0 Å². The second kappa shape index (κ2) is 18.9. The molecule has 0 heterocycles. The Bertz CT molecular complexity index is 1320. The van der Waals surface area contributed by atoms with Crippen LogP contribution in [0, 0.1) is 22.7 Å². The van der Waals surface area contributed by atoms with E-state index in [-0.39, 0.29) is 24.3 Å². The molecule has 2 aromatic carbocycles. The van der Waals surface area contributed by atoms with Gasteiger partial charge in [-0.15, -0.1) is 0 Å². The molecule has 2 rings (SSSR count). The van der Waals surface area contributed by atoms with E-state index in [1.165, 1.54) is 23.5 Å². The molecule has 0 aliphatic heterocycles. The average molecular weight is 699 g/mol. The fraction of sp³-hybridized carbons (Fsp3) is 0.471. The molecule has 2 unspecified atom stereocenters. The number of nitrogens with zero attached hydrogens (tertiary/aromatic N) is 4. The fourth-order valence-corrected chi connectivity index (χ4v) is 7.70. The van der Waals surface area contributed by atoms with Crippen molar-refractivity contribution in [2.75, 3.05) is 39.4 Å². The number of nitriles is 2. The molecule has 2 atom stereocenters. The number of thiocarbonyl (C=S) groups is 2. The largest absolute Gasteiger partial charge is 0.464 e. The Hall–Kier alpha value is -3.16. The Morgan fingerprint density at radius 3 is 1.20 bits per heavy atom. The van der Waals surface area contributed by atoms with E-state index >= 15 is 0 Å². The molecule has 246 valence electrons. The zero-order valence-electron chi connectivity index (χ0n) is 27.3. The van der Waals surface area contributed by atoms with Crippen LogP contribution in [-0.4, -0.2) is 69.8 Å². The van der Waals surface area contributed by atoms with Gasteiger partial charge in [0.2, 0.25) is 10.8 Å². The number of hydrogen-bond acceptors (Lipinski definition) is 10. The van der Waals surface area contributed by atoms with Gasteiger partial charge in [0, 0.05) is 37.7 Å². The number of hydrogen-bond donors (Lipinski definition) is 0. The van der Waals surface area contributed by atoms with E-state index in [2.05, 4.69) is 21.9 Å². The zero-order chi connectivity index (χ0) is 34.3. The first-order valence-electron chi connectivity index (χ1n) is 15.3. The first kappa shape index (κ1) is 39.0. The average Bonchev–Trinajstić information content (AvgIpc) is 3.07. The maximum absolute atomic E-state index is 13.9. The van der Waals surface area contributed by atoms with Crippen LogP contribution in [0.2, 0.25) is 0 Å². The Balaban J connectivity index is 2.66. The molecule has 0 aliphatic rings. The Labute approximate surface area is 292 Å². The first-order chi connectivity index (χ1) is 22.1. The molecule has 0 N–H and O–H groups in total. The maximum Gasteiger partial charge on any atom is 0.333 e. The lowest BCUT2D eigenvalue weighted by molar-refractivity contribution is -0.160. The van der Waals surface area contributed by atoms with Crippen molar-refractivity contribution >= 4 is 68.5 Å². The molecule has 0 aromatic heterocycles. The molecule has 0 spiro atoms. The molecule has 8 nitrogen and oxygen atoms in total. The van der Waals surface area contributed by atoms with Crippen molar-refractivity contribution < 1.29 is 19.1 Å². The van der Waals surface area contributed by atoms with Gasteiger partial charge < -0.3 is 19.3 Å². The van der Waals surface area contributed by atoms with Crippen LogP contribution in [0.25, 0.3) is 0 Å². The van der Waals surface area contributed by atoms with E-state index in [4.69, 9.17) is 33.9 Å². The molecule has 46 heavy (non-hydrogen) atoms. The smallest absolute Gasteiger partial charge is 0.333 e. The summed E-state index contributed by atoms with van der Waals surface area (Å²) in [4.78, 5) is 32.0. The highest BCUT2D eigenvalue weighted by molar-refractivity contribution is 8.22. The third-order valence-electron chi connectivity index (χ3n) is 7.60.